The Hall–Kier alpha value is -4.78. The number of ether oxygens (including phenoxy) is 1. The molecule has 1 N–H and O–H groups in total. The van der Waals surface area contributed by atoms with Crippen molar-refractivity contribution in [1.82, 2.24) is 14.3 Å². The number of anilines is 1. The van der Waals surface area contributed by atoms with Gasteiger partial charge in [-0.15, -0.1) is 0 Å². The predicted octanol–water partition coefficient (Wildman–Crippen LogP) is 8.64. The molecule has 6 rings (SSSR count). The molecule has 0 saturated carbocycles. The first-order valence-electron chi connectivity index (χ1n) is 15.4. The lowest BCUT2D eigenvalue weighted by Gasteiger charge is -2.15. The lowest BCUT2D eigenvalue weighted by atomic mass is 10.0. The number of alkyl halides is 3. The molecule has 1 saturated heterocycles. The average Bonchev–Trinajstić information content (AvgIpc) is 3.59. The van der Waals surface area contributed by atoms with Crippen LogP contribution in [0.15, 0.2) is 97.2 Å². The van der Waals surface area contributed by atoms with E-state index in [1.165, 1.54) is 0 Å². The molecule has 50 heavy (non-hydrogen) atoms. The molecule has 258 valence electrons. The average molecular weight is 742 g/mol. The summed E-state index contributed by atoms with van der Waals surface area (Å²) >= 11 is 12.6. The zero-order chi connectivity index (χ0) is 35.5. The van der Waals surface area contributed by atoms with E-state index in [1.54, 1.807) is 60.7 Å². The van der Waals surface area contributed by atoms with Crippen molar-refractivity contribution < 1.29 is 31.1 Å². The second kappa shape index (κ2) is 14.6. The maximum atomic E-state index is 12.4. The fraction of sp³-hybridized carbons (Fsp3) is 0.167. The zero-order valence-electron chi connectivity index (χ0n) is 26.2. The first kappa shape index (κ1) is 35.1. The van der Waals surface area contributed by atoms with Gasteiger partial charge in [-0.25, -0.2) is 14.0 Å². The summed E-state index contributed by atoms with van der Waals surface area (Å²) in [6.07, 6.45) is 0.462. The molecule has 1 amide bonds. The Morgan fingerprint density at radius 3 is 2.36 bits per heavy atom. The van der Waals surface area contributed by atoms with Gasteiger partial charge in [0.15, 0.2) is 0 Å². The molecule has 0 aliphatic carbocycles. The van der Waals surface area contributed by atoms with Crippen LogP contribution in [0, 0.1) is 0 Å². The highest BCUT2D eigenvalue weighted by Crippen LogP contribution is 2.31. The minimum atomic E-state index is -4.20. The Kier molecular flexibility index (Phi) is 10.2. The largest absolute Gasteiger partial charge is 0.494 e. The van der Waals surface area contributed by atoms with E-state index >= 15 is 0 Å². The summed E-state index contributed by atoms with van der Waals surface area (Å²) in [4.78, 5) is 16.5. The van der Waals surface area contributed by atoms with Gasteiger partial charge in [0.25, 0.3) is 5.91 Å². The highest BCUT2D eigenvalue weighted by molar-refractivity contribution is 7.92. The van der Waals surface area contributed by atoms with Gasteiger partial charge >= 0.3 is 16.4 Å². The summed E-state index contributed by atoms with van der Waals surface area (Å²) in [7, 11) is -3.91. The molecule has 8 nitrogen and oxygen atoms in total. The first-order valence-corrected chi connectivity index (χ1v) is 17.6. The number of hydrogen-bond acceptors (Lipinski definition) is 5. The van der Waals surface area contributed by atoms with Gasteiger partial charge in [0, 0.05) is 29.7 Å². The molecule has 0 radical (unpaired) electrons. The van der Waals surface area contributed by atoms with E-state index in [0.29, 0.717) is 45.1 Å². The number of nitrogens with zero attached hydrogens (tertiary/aromatic N) is 3. The lowest BCUT2D eigenvalue weighted by molar-refractivity contribution is -0.136. The number of imidazole rings is 1. The highest BCUT2D eigenvalue weighted by atomic mass is 35.5. The summed E-state index contributed by atoms with van der Waals surface area (Å²) < 4.78 is 72.3. The minimum absolute atomic E-state index is 0.0253. The van der Waals surface area contributed by atoms with Crippen LogP contribution in [0.25, 0.3) is 34.5 Å². The molecular weight excluding hydrogens is 712 g/mol. The Morgan fingerprint density at radius 2 is 1.68 bits per heavy atom. The van der Waals surface area contributed by atoms with Crippen molar-refractivity contribution in [3.63, 3.8) is 0 Å². The van der Waals surface area contributed by atoms with Gasteiger partial charge in [-0.2, -0.15) is 21.6 Å². The van der Waals surface area contributed by atoms with E-state index < -0.39 is 28.7 Å². The zero-order valence-corrected chi connectivity index (χ0v) is 28.5. The number of carbonyl (C=O) groups is 1. The smallest absolute Gasteiger partial charge is 0.389 e. The molecule has 4 aromatic carbocycles. The Labute approximate surface area is 296 Å². The Bertz CT molecular complexity index is 2150. The Morgan fingerprint density at radius 1 is 0.920 bits per heavy atom. The third kappa shape index (κ3) is 8.68. The number of halogens is 5. The van der Waals surface area contributed by atoms with Crippen molar-refractivity contribution in [3.8, 4) is 28.1 Å². The molecule has 1 aromatic heterocycles. The topological polar surface area (TPSA) is 93.5 Å². The maximum Gasteiger partial charge on any atom is 0.389 e. The van der Waals surface area contributed by atoms with E-state index in [4.69, 9.17) is 32.9 Å². The second-order valence-corrected chi connectivity index (χ2v) is 13.9. The minimum Gasteiger partial charge on any atom is -0.494 e. The molecule has 1 aliphatic rings. The standard InChI is InChI=1S/C36H29Cl2F3N4O4S/c37-28-12-15-31(32(38)20-28)33-22-44(21-25-7-13-29(14-8-25)45-23-35(46)43-50(45,47)48)34(42-33)16-9-24-5-10-26(11-6-24)27-3-1-4-30(19-27)49-18-2-17-36(39,40)41/h1,3-16,19-20,22H,2,17-18,21,23H2,(H,43,46). The molecule has 0 atom stereocenters. The van der Waals surface area contributed by atoms with Crippen LogP contribution in [0.3, 0.4) is 0 Å². The molecule has 1 aliphatic heterocycles. The molecule has 2 heterocycles. The van der Waals surface area contributed by atoms with Crippen molar-refractivity contribution in [2.24, 2.45) is 0 Å². The molecular formula is C36H29Cl2F3N4O4S. The van der Waals surface area contributed by atoms with E-state index in [1.807, 2.05) is 58.0 Å². The number of benzene rings is 4. The van der Waals surface area contributed by atoms with Crippen LogP contribution in [0.5, 0.6) is 5.75 Å². The predicted molar refractivity (Wildman–Crippen MR) is 189 cm³/mol. The Balaban J connectivity index is 1.21. The third-order valence-corrected chi connectivity index (χ3v) is 9.74. The third-order valence-electron chi connectivity index (χ3n) is 7.79. The van der Waals surface area contributed by atoms with Crippen LogP contribution in [-0.4, -0.2) is 43.2 Å². The van der Waals surface area contributed by atoms with Gasteiger partial charge in [-0.05, 0) is 77.2 Å². The summed E-state index contributed by atoms with van der Waals surface area (Å²) in [6.45, 7) is 0.0949. The van der Waals surface area contributed by atoms with Crippen molar-refractivity contribution in [2.45, 2.75) is 25.6 Å². The van der Waals surface area contributed by atoms with Crippen molar-refractivity contribution >= 4 is 57.2 Å². The van der Waals surface area contributed by atoms with E-state index in [-0.39, 0.29) is 19.6 Å². The fourth-order valence-corrected chi connectivity index (χ4v) is 7.00. The summed E-state index contributed by atoms with van der Waals surface area (Å²) in [5.41, 5.74) is 5.24. The first-order chi connectivity index (χ1) is 23.8. The molecule has 0 spiro atoms. The van der Waals surface area contributed by atoms with E-state index in [0.717, 1.165) is 26.6 Å². The molecule has 5 aromatic rings. The van der Waals surface area contributed by atoms with Crippen LogP contribution < -0.4 is 13.8 Å². The second-order valence-electron chi connectivity index (χ2n) is 11.5. The number of amides is 1. The summed E-state index contributed by atoms with van der Waals surface area (Å²) in [6, 6.07) is 27.0. The van der Waals surface area contributed by atoms with E-state index in [9.17, 15) is 26.4 Å². The quantitative estimate of drug-likeness (QED) is 0.137. The van der Waals surface area contributed by atoms with Gasteiger partial charge in [0.05, 0.1) is 23.0 Å². The van der Waals surface area contributed by atoms with Crippen LogP contribution in [-0.2, 0) is 21.5 Å². The number of aromatic nitrogens is 2. The van der Waals surface area contributed by atoms with Crippen molar-refractivity contribution in [3.05, 3.63) is 124 Å². The van der Waals surface area contributed by atoms with Gasteiger partial charge < -0.3 is 9.30 Å². The number of rotatable bonds is 11. The number of hydrogen-bond donors (Lipinski definition) is 1. The molecule has 0 bridgehead atoms. The van der Waals surface area contributed by atoms with Gasteiger partial charge in [-0.1, -0.05) is 77.8 Å². The number of carbonyl (C=O) groups excluding carboxylic acids is 1. The highest BCUT2D eigenvalue weighted by Gasteiger charge is 2.33. The summed E-state index contributed by atoms with van der Waals surface area (Å²) in [5, 5.41) is 0.947. The van der Waals surface area contributed by atoms with Crippen LogP contribution in [0.4, 0.5) is 18.9 Å². The van der Waals surface area contributed by atoms with E-state index in [2.05, 4.69) is 0 Å². The summed E-state index contributed by atoms with van der Waals surface area (Å²) in [5.74, 6) is 0.540. The fourth-order valence-electron chi connectivity index (χ4n) is 5.34. The molecule has 0 unspecified atom stereocenters. The van der Waals surface area contributed by atoms with Crippen molar-refractivity contribution in [2.75, 3.05) is 17.5 Å². The molecule has 14 heteroatoms. The van der Waals surface area contributed by atoms with Crippen LogP contribution in [0.1, 0.15) is 29.8 Å². The monoisotopic (exact) mass is 740 g/mol. The van der Waals surface area contributed by atoms with Crippen LogP contribution >= 0.6 is 23.2 Å². The maximum absolute atomic E-state index is 12.4. The van der Waals surface area contributed by atoms with Gasteiger partial charge in [0.2, 0.25) is 0 Å². The van der Waals surface area contributed by atoms with Crippen LogP contribution in [0.2, 0.25) is 10.0 Å². The number of nitrogens with one attached hydrogen (secondary N) is 1. The normalized spacial score (nSPS) is 14.3. The van der Waals surface area contributed by atoms with Gasteiger partial charge in [-0.3, -0.25) is 4.79 Å². The van der Waals surface area contributed by atoms with Gasteiger partial charge in [0.1, 0.15) is 18.1 Å². The molecule has 1 fully saturated rings. The SMILES string of the molecule is O=C1CN(c2ccc(Cn3cc(-c4ccc(Cl)cc4Cl)nc3C=Cc3ccc(-c4cccc(OCCCC(F)(F)F)c4)cc3)cc2)S(=O)(=O)N1. The van der Waals surface area contributed by atoms with Crippen molar-refractivity contribution in [1.29, 1.82) is 0 Å². The lowest BCUT2D eigenvalue weighted by Crippen LogP contribution is -2.29.